The summed E-state index contributed by atoms with van der Waals surface area (Å²) in [6, 6.07) is 6.35. The Labute approximate surface area is 96.1 Å². The standard InChI is InChI=1S/C11H12BrNS/c1-2-8-5-9-7(6-12)3-4-10(13)11(9)14-8/h3-5H,2,6,13H2,1H3. The summed E-state index contributed by atoms with van der Waals surface area (Å²) in [4.78, 5) is 1.40. The third-order valence-electron chi connectivity index (χ3n) is 2.35. The quantitative estimate of drug-likeness (QED) is 0.649. The van der Waals surface area contributed by atoms with Crippen LogP contribution in [-0.2, 0) is 11.8 Å². The highest BCUT2D eigenvalue weighted by atomic mass is 79.9. The number of hydrogen-bond donors (Lipinski definition) is 1. The first-order valence-corrected chi connectivity index (χ1v) is 6.55. The number of halogens is 1. The van der Waals surface area contributed by atoms with Crippen molar-refractivity contribution in [2.75, 3.05) is 5.73 Å². The predicted molar refractivity (Wildman–Crippen MR) is 68.2 cm³/mol. The lowest BCUT2D eigenvalue weighted by atomic mass is 10.1. The molecule has 2 N–H and O–H groups in total. The summed E-state index contributed by atoms with van der Waals surface area (Å²) >= 11 is 5.31. The Morgan fingerprint density at radius 2 is 2.21 bits per heavy atom. The zero-order valence-corrected chi connectivity index (χ0v) is 10.4. The van der Waals surface area contributed by atoms with Gasteiger partial charge in [0.25, 0.3) is 0 Å². The number of rotatable bonds is 2. The molecule has 0 aliphatic heterocycles. The van der Waals surface area contributed by atoms with E-state index in [2.05, 4.69) is 35.0 Å². The molecule has 0 atom stereocenters. The molecule has 0 aliphatic rings. The van der Waals surface area contributed by atoms with Gasteiger partial charge >= 0.3 is 0 Å². The van der Waals surface area contributed by atoms with Crippen LogP contribution < -0.4 is 5.73 Å². The lowest BCUT2D eigenvalue weighted by Crippen LogP contribution is -1.86. The molecule has 0 bridgehead atoms. The summed E-state index contributed by atoms with van der Waals surface area (Å²) in [7, 11) is 0. The van der Waals surface area contributed by atoms with Crippen molar-refractivity contribution in [3.05, 3.63) is 28.6 Å². The van der Waals surface area contributed by atoms with Crippen molar-refractivity contribution in [3.63, 3.8) is 0 Å². The van der Waals surface area contributed by atoms with E-state index >= 15 is 0 Å². The fraction of sp³-hybridized carbons (Fsp3) is 0.273. The highest BCUT2D eigenvalue weighted by molar-refractivity contribution is 9.08. The van der Waals surface area contributed by atoms with Gasteiger partial charge in [0.15, 0.2) is 0 Å². The van der Waals surface area contributed by atoms with Gasteiger partial charge in [0.05, 0.1) is 4.70 Å². The van der Waals surface area contributed by atoms with Gasteiger partial charge in [-0.05, 0) is 29.5 Å². The maximum Gasteiger partial charge on any atom is 0.0578 e. The van der Waals surface area contributed by atoms with E-state index in [-0.39, 0.29) is 0 Å². The normalized spacial score (nSPS) is 11.0. The third-order valence-corrected chi connectivity index (χ3v) is 4.28. The smallest absolute Gasteiger partial charge is 0.0578 e. The molecule has 1 nitrogen and oxygen atoms in total. The van der Waals surface area contributed by atoms with Gasteiger partial charge in [0, 0.05) is 15.9 Å². The summed E-state index contributed by atoms with van der Waals surface area (Å²) in [5, 5.41) is 2.20. The zero-order chi connectivity index (χ0) is 10.1. The lowest BCUT2D eigenvalue weighted by molar-refractivity contribution is 1.19. The first kappa shape index (κ1) is 9.99. The highest BCUT2D eigenvalue weighted by Crippen LogP contribution is 2.33. The van der Waals surface area contributed by atoms with Crippen molar-refractivity contribution in [2.45, 2.75) is 18.7 Å². The number of benzene rings is 1. The number of anilines is 1. The first-order chi connectivity index (χ1) is 6.76. The Bertz CT molecular complexity index is 462. The van der Waals surface area contributed by atoms with Crippen molar-refractivity contribution in [3.8, 4) is 0 Å². The molecule has 14 heavy (non-hydrogen) atoms. The second-order valence-electron chi connectivity index (χ2n) is 3.26. The molecule has 0 unspecified atom stereocenters. The Balaban J connectivity index is 2.74. The van der Waals surface area contributed by atoms with Crippen LogP contribution in [0.1, 0.15) is 17.4 Å². The summed E-state index contributed by atoms with van der Waals surface area (Å²) < 4.78 is 1.24. The third kappa shape index (κ3) is 1.55. The number of alkyl halides is 1. The molecule has 3 heteroatoms. The molecule has 0 saturated heterocycles. The summed E-state index contributed by atoms with van der Waals surface area (Å²) in [5.41, 5.74) is 8.16. The van der Waals surface area contributed by atoms with Crippen molar-refractivity contribution >= 4 is 43.0 Å². The van der Waals surface area contributed by atoms with E-state index in [4.69, 9.17) is 5.73 Å². The molecule has 2 aromatic rings. The van der Waals surface area contributed by atoms with E-state index in [9.17, 15) is 0 Å². The zero-order valence-electron chi connectivity index (χ0n) is 8.01. The minimum absolute atomic E-state index is 0.893. The molecule has 0 spiro atoms. The topological polar surface area (TPSA) is 26.0 Å². The number of nitrogens with two attached hydrogens (primary N) is 1. The number of hydrogen-bond acceptors (Lipinski definition) is 2. The van der Waals surface area contributed by atoms with Crippen LogP contribution in [0.4, 0.5) is 5.69 Å². The van der Waals surface area contributed by atoms with Crippen molar-refractivity contribution in [1.29, 1.82) is 0 Å². The average molecular weight is 270 g/mol. The molecule has 1 heterocycles. The summed E-state index contributed by atoms with van der Waals surface area (Å²) in [6.45, 7) is 2.18. The second-order valence-corrected chi connectivity index (χ2v) is 4.95. The molecule has 0 amide bonds. The molecule has 0 saturated carbocycles. The van der Waals surface area contributed by atoms with Gasteiger partial charge in [0.1, 0.15) is 0 Å². The molecule has 1 aromatic carbocycles. The van der Waals surface area contributed by atoms with Crippen LogP contribution in [0.3, 0.4) is 0 Å². The minimum atomic E-state index is 0.893. The Hall–Kier alpha value is -0.540. The number of nitrogen functional groups attached to an aromatic ring is 1. The fourth-order valence-electron chi connectivity index (χ4n) is 1.54. The number of fused-ring (bicyclic) bond motifs is 1. The number of aryl methyl sites for hydroxylation is 1. The monoisotopic (exact) mass is 269 g/mol. The Kier molecular flexibility index (Phi) is 2.79. The molecule has 74 valence electrons. The Morgan fingerprint density at radius 1 is 1.43 bits per heavy atom. The highest BCUT2D eigenvalue weighted by Gasteiger charge is 2.07. The Morgan fingerprint density at radius 3 is 2.86 bits per heavy atom. The predicted octanol–water partition coefficient (Wildman–Crippen LogP) is 3.94. The first-order valence-electron chi connectivity index (χ1n) is 4.62. The van der Waals surface area contributed by atoms with Gasteiger partial charge in [0.2, 0.25) is 0 Å². The van der Waals surface area contributed by atoms with Crippen LogP contribution in [0.25, 0.3) is 10.1 Å². The molecule has 0 fully saturated rings. The van der Waals surface area contributed by atoms with E-state index < -0.39 is 0 Å². The van der Waals surface area contributed by atoms with E-state index in [1.165, 1.54) is 20.5 Å². The van der Waals surface area contributed by atoms with Gasteiger partial charge in [-0.1, -0.05) is 28.9 Å². The maximum absolute atomic E-state index is 5.94. The summed E-state index contributed by atoms with van der Waals surface area (Å²) in [6.07, 6.45) is 1.08. The summed E-state index contributed by atoms with van der Waals surface area (Å²) in [5.74, 6) is 0. The van der Waals surface area contributed by atoms with Crippen LogP contribution in [0.15, 0.2) is 18.2 Å². The molecule has 1 aromatic heterocycles. The van der Waals surface area contributed by atoms with Gasteiger partial charge in [-0.25, -0.2) is 0 Å². The number of thiophene rings is 1. The van der Waals surface area contributed by atoms with Crippen molar-refractivity contribution in [1.82, 2.24) is 0 Å². The van der Waals surface area contributed by atoms with Crippen molar-refractivity contribution in [2.24, 2.45) is 0 Å². The van der Waals surface area contributed by atoms with Gasteiger partial charge in [-0.2, -0.15) is 0 Å². The van der Waals surface area contributed by atoms with Crippen LogP contribution in [0.2, 0.25) is 0 Å². The molecule has 2 rings (SSSR count). The van der Waals surface area contributed by atoms with E-state index in [1.807, 2.05) is 17.4 Å². The fourth-order valence-corrected chi connectivity index (χ4v) is 3.10. The molecular weight excluding hydrogens is 258 g/mol. The van der Waals surface area contributed by atoms with E-state index in [0.717, 1.165) is 17.4 Å². The van der Waals surface area contributed by atoms with Crippen LogP contribution in [0, 0.1) is 0 Å². The molecule has 0 aliphatic carbocycles. The van der Waals surface area contributed by atoms with Gasteiger partial charge in [-0.15, -0.1) is 11.3 Å². The van der Waals surface area contributed by atoms with Crippen LogP contribution in [-0.4, -0.2) is 0 Å². The van der Waals surface area contributed by atoms with E-state index in [1.54, 1.807) is 0 Å². The molecular formula is C11H12BrNS. The average Bonchev–Trinajstić information content (AvgIpc) is 2.63. The molecule has 0 radical (unpaired) electrons. The second kappa shape index (κ2) is 3.91. The van der Waals surface area contributed by atoms with E-state index in [0.29, 0.717) is 0 Å². The van der Waals surface area contributed by atoms with Crippen LogP contribution >= 0.6 is 27.3 Å². The maximum atomic E-state index is 5.94. The van der Waals surface area contributed by atoms with Crippen LogP contribution in [0.5, 0.6) is 0 Å². The van der Waals surface area contributed by atoms with Crippen molar-refractivity contribution < 1.29 is 0 Å². The largest absolute Gasteiger partial charge is 0.398 e. The minimum Gasteiger partial charge on any atom is -0.398 e. The van der Waals surface area contributed by atoms with Gasteiger partial charge in [-0.3, -0.25) is 0 Å². The lowest BCUT2D eigenvalue weighted by Gasteiger charge is -2.00. The van der Waals surface area contributed by atoms with Gasteiger partial charge < -0.3 is 5.73 Å². The SMILES string of the molecule is CCc1cc2c(CBr)ccc(N)c2s1.